The third kappa shape index (κ3) is 1.53. The molecular weight excluding hydrogens is 162 g/mol. The molecule has 0 amide bonds. The van der Waals surface area contributed by atoms with Crippen molar-refractivity contribution in [1.29, 1.82) is 5.26 Å². The summed E-state index contributed by atoms with van der Waals surface area (Å²) >= 11 is 0. The molecule has 1 aromatic rings. The van der Waals surface area contributed by atoms with Crippen molar-refractivity contribution in [1.82, 2.24) is 4.98 Å². The molecular formula is C10H11N3. The van der Waals surface area contributed by atoms with E-state index in [0.717, 1.165) is 24.1 Å². The molecule has 3 heteroatoms. The Hall–Kier alpha value is -1.40. The predicted molar refractivity (Wildman–Crippen MR) is 48.7 cm³/mol. The second kappa shape index (κ2) is 2.82. The fraction of sp³-hybridized carbons (Fsp3) is 0.400. The summed E-state index contributed by atoms with van der Waals surface area (Å²) in [6, 6.07) is 5.92. The molecule has 0 unspecified atom stereocenters. The van der Waals surface area contributed by atoms with Gasteiger partial charge in [0.05, 0.1) is 18.2 Å². The molecule has 1 saturated carbocycles. The quantitative estimate of drug-likeness (QED) is 0.728. The molecule has 0 aliphatic heterocycles. The van der Waals surface area contributed by atoms with E-state index in [1.807, 2.05) is 12.1 Å². The summed E-state index contributed by atoms with van der Waals surface area (Å²) in [5.41, 5.74) is 7.78. The van der Waals surface area contributed by atoms with Crippen molar-refractivity contribution >= 4 is 0 Å². The van der Waals surface area contributed by atoms with Crippen molar-refractivity contribution in [3.8, 4) is 6.07 Å². The molecule has 2 rings (SSSR count). The van der Waals surface area contributed by atoms with Crippen LogP contribution in [0.25, 0.3) is 0 Å². The summed E-state index contributed by atoms with van der Waals surface area (Å²) in [6.45, 7) is 0. The summed E-state index contributed by atoms with van der Waals surface area (Å²) in [4.78, 5) is 4.17. The van der Waals surface area contributed by atoms with Gasteiger partial charge in [0.2, 0.25) is 0 Å². The first-order chi connectivity index (χ1) is 6.24. The number of nitrogens with zero attached hydrogens (tertiary/aromatic N) is 2. The predicted octanol–water partition coefficient (Wildman–Crippen LogP) is 1.10. The molecule has 1 aliphatic carbocycles. The normalized spacial score (nSPS) is 17.8. The van der Waals surface area contributed by atoms with Gasteiger partial charge < -0.3 is 5.73 Å². The minimum atomic E-state index is -0.113. The topological polar surface area (TPSA) is 62.7 Å². The van der Waals surface area contributed by atoms with Gasteiger partial charge in [-0.05, 0) is 24.5 Å². The average molecular weight is 173 g/mol. The van der Waals surface area contributed by atoms with Gasteiger partial charge in [-0.3, -0.25) is 4.98 Å². The standard InChI is InChI=1S/C10H11N3/c11-6-3-9-2-1-8(7-13-9)10(12)4-5-10/h1-2,7H,3-5,12H2. The number of hydrogen-bond donors (Lipinski definition) is 1. The van der Waals surface area contributed by atoms with Crippen LogP contribution in [0.15, 0.2) is 18.3 Å². The fourth-order valence-electron chi connectivity index (χ4n) is 1.33. The molecule has 66 valence electrons. The molecule has 1 heterocycles. The molecule has 2 N–H and O–H groups in total. The molecule has 1 fully saturated rings. The van der Waals surface area contributed by atoms with Gasteiger partial charge in [0.25, 0.3) is 0 Å². The first-order valence-electron chi connectivity index (χ1n) is 4.36. The lowest BCUT2D eigenvalue weighted by Gasteiger charge is -2.07. The number of hydrogen-bond acceptors (Lipinski definition) is 3. The third-order valence-electron chi connectivity index (χ3n) is 2.45. The molecule has 13 heavy (non-hydrogen) atoms. The Labute approximate surface area is 77.2 Å². The zero-order valence-corrected chi connectivity index (χ0v) is 7.33. The van der Waals surface area contributed by atoms with Gasteiger partial charge in [-0.1, -0.05) is 6.07 Å². The van der Waals surface area contributed by atoms with E-state index < -0.39 is 0 Å². The van der Waals surface area contributed by atoms with Gasteiger partial charge in [0.15, 0.2) is 0 Å². The Kier molecular flexibility index (Phi) is 1.78. The molecule has 0 saturated heterocycles. The van der Waals surface area contributed by atoms with E-state index in [-0.39, 0.29) is 5.54 Å². The highest BCUT2D eigenvalue weighted by Gasteiger charge is 2.40. The summed E-state index contributed by atoms with van der Waals surface area (Å²) in [5, 5.41) is 8.45. The van der Waals surface area contributed by atoms with Crippen molar-refractivity contribution in [3.05, 3.63) is 29.6 Å². The highest BCUT2D eigenvalue weighted by molar-refractivity contribution is 5.28. The second-order valence-corrected chi connectivity index (χ2v) is 3.53. The summed E-state index contributed by atoms with van der Waals surface area (Å²) in [6.07, 6.45) is 4.26. The Balaban J connectivity index is 2.20. The number of rotatable bonds is 2. The van der Waals surface area contributed by atoms with Gasteiger partial charge >= 0.3 is 0 Å². The van der Waals surface area contributed by atoms with Crippen LogP contribution in [0.1, 0.15) is 24.1 Å². The van der Waals surface area contributed by atoms with E-state index in [1.54, 1.807) is 6.20 Å². The minimum Gasteiger partial charge on any atom is -0.321 e. The van der Waals surface area contributed by atoms with Crippen LogP contribution in [0.2, 0.25) is 0 Å². The van der Waals surface area contributed by atoms with E-state index in [0.29, 0.717) is 6.42 Å². The van der Waals surface area contributed by atoms with E-state index in [2.05, 4.69) is 11.1 Å². The minimum absolute atomic E-state index is 0.113. The van der Waals surface area contributed by atoms with E-state index >= 15 is 0 Å². The molecule has 0 atom stereocenters. The zero-order chi connectivity index (χ0) is 9.31. The number of nitriles is 1. The molecule has 1 aromatic heterocycles. The van der Waals surface area contributed by atoms with Crippen molar-refractivity contribution in [3.63, 3.8) is 0 Å². The van der Waals surface area contributed by atoms with Crippen LogP contribution in [0.3, 0.4) is 0 Å². The lowest BCUT2D eigenvalue weighted by atomic mass is 10.1. The number of nitrogens with two attached hydrogens (primary N) is 1. The molecule has 0 spiro atoms. The maximum Gasteiger partial charge on any atom is 0.0774 e. The molecule has 1 aliphatic rings. The maximum absolute atomic E-state index is 8.45. The molecule has 3 nitrogen and oxygen atoms in total. The lowest BCUT2D eigenvalue weighted by molar-refractivity contribution is 0.733. The Morgan fingerprint density at radius 2 is 2.31 bits per heavy atom. The van der Waals surface area contributed by atoms with Crippen LogP contribution >= 0.6 is 0 Å². The number of pyridine rings is 1. The Morgan fingerprint density at radius 1 is 1.54 bits per heavy atom. The largest absolute Gasteiger partial charge is 0.321 e. The Morgan fingerprint density at radius 3 is 2.77 bits per heavy atom. The molecule has 0 aromatic carbocycles. The smallest absolute Gasteiger partial charge is 0.0774 e. The van der Waals surface area contributed by atoms with Crippen LogP contribution in [-0.4, -0.2) is 4.98 Å². The van der Waals surface area contributed by atoms with Crippen LogP contribution in [0, 0.1) is 11.3 Å². The van der Waals surface area contributed by atoms with E-state index in [9.17, 15) is 0 Å². The van der Waals surface area contributed by atoms with Crippen molar-refractivity contribution in [2.45, 2.75) is 24.8 Å². The highest BCUT2D eigenvalue weighted by atomic mass is 14.8. The van der Waals surface area contributed by atoms with Gasteiger partial charge in [0, 0.05) is 11.7 Å². The maximum atomic E-state index is 8.45. The van der Waals surface area contributed by atoms with Crippen LogP contribution in [0.4, 0.5) is 0 Å². The average Bonchev–Trinajstić information content (AvgIpc) is 2.87. The number of aromatic nitrogens is 1. The summed E-state index contributed by atoms with van der Waals surface area (Å²) in [7, 11) is 0. The summed E-state index contributed by atoms with van der Waals surface area (Å²) in [5.74, 6) is 0. The van der Waals surface area contributed by atoms with Gasteiger partial charge in [-0.15, -0.1) is 0 Å². The fourth-order valence-corrected chi connectivity index (χ4v) is 1.33. The van der Waals surface area contributed by atoms with Crippen LogP contribution in [-0.2, 0) is 12.0 Å². The van der Waals surface area contributed by atoms with Crippen LogP contribution < -0.4 is 5.73 Å². The highest BCUT2D eigenvalue weighted by Crippen LogP contribution is 2.42. The molecule has 0 bridgehead atoms. The Bertz CT molecular complexity index is 343. The van der Waals surface area contributed by atoms with Crippen molar-refractivity contribution in [2.75, 3.05) is 0 Å². The lowest BCUT2D eigenvalue weighted by Crippen LogP contribution is -2.18. The van der Waals surface area contributed by atoms with Crippen molar-refractivity contribution in [2.24, 2.45) is 5.73 Å². The monoisotopic (exact) mass is 173 g/mol. The van der Waals surface area contributed by atoms with Crippen molar-refractivity contribution < 1.29 is 0 Å². The van der Waals surface area contributed by atoms with Gasteiger partial charge in [-0.25, -0.2) is 0 Å². The summed E-state index contributed by atoms with van der Waals surface area (Å²) < 4.78 is 0. The van der Waals surface area contributed by atoms with Crippen LogP contribution in [0.5, 0.6) is 0 Å². The SMILES string of the molecule is N#CCc1ccc(C2(N)CC2)cn1. The first kappa shape index (κ1) is 8.21. The third-order valence-corrected chi connectivity index (χ3v) is 2.45. The first-order valence-corrected chi connectivity index (χ1v) is 4.36. The zero-order valence-electron chi connectivity index (χ0n) is 7.33. The van der Waals surface area contributed by atoms with Gasteiger partial charge in [0.1, 0.15) is 0 Å². The van der Waals surface area contributed by atoms with E-state index in [1.165, 1.54) is 0 Å². The molecule has 0 radical (unpaired) electrons. The van der Waals surface area contributed by atoms with E-state index in [4.69, 9.17) is 11.0 Å². The van der Waals surface area contributed by atoms with Gasteiger partial charge in [-0.2, -0.15) is 5.26 Å². The second-order valence-electron chi connectivity index (χ2n) is 3.53.